The number of carboxylic acids is 2. The van der Waals surface area contributed by atoms with Crippen LogP contribution in [-0.2, 0) is 16.1 Å². The monoisotopic (exact) mass is 450 g/mol. The van der Waals surface area contributed by atoms with E-state index in [0.29, 0.717) is 10.6 Å². The Kier molecular flexibility index (Phi) is 9.16. The number of carbonyl (C=O) groups excluding carboxylic acids is 1. The van der Waals surface area contributed by atoms with Crippen molar-refractivity contribution in [1.29, 1.82) is 0 Å². The molecule has 1 saturated heterocycles. The first-order valence-corrected chi connectivity index (χ1v) is 10.8. The first-order chi connectivity index (χ1) is 14.3. The molecule has 2 aromatic rings. The van der Waals surface area contributed by atoms with Gasteiger partial charge in [0, 0.05) is 48.2 Å². The quantitative estimate of drug-likeness (QED) is 0.545. The van der Waals surface area contributed by atoms with Crippen LogP contribution in [0.5, 0.6) is 0 Å². The molecular weight excluding hydrogens is 428 g/mol. The van der Waals surface area contributed by atoms with Crippen LogP contribution >= 0.6 is 23.4 Å². The van der Waals surface area contributed by atoms with E-state index in [0.717, 1.165) is 32.7 Å². The Bertz CT molecular complexity index is 871. The summed E-state index contributed by atoms with van der Waals surface area (Å²) in [4.78, 5) is 36.3. The van der Waals surface area contributed by atoms with Crippen LogP contribution in [-0.4, -0.2) is 70.3 Å². The van der Waals surface area contributed by atoms with Crippen molar-refractivity contribution in [3.05, 3.63) is 64.7 Å². The number of piperazine rings is 1. The molecule has 1 heterocycles. The zero-order valence-corrected chi connectivity index (χ0v) is 18.0. The highest BCUT2D eigenvalue weighted by Crippen LogP contribution is 2.17. The predicted octanol–water partition coefficient (Wildman–Crippen LogP) is 3.18. The third-order valence-corrected chi connectivity index (χ3v) is 5.46. The Morgan fingerprint density at radius 1 is 0.967 bits per heavy atom. The second kappa shape index (κ2) is 11.6. The zero-order valence-electron chi connectivity index (χ0n) is 16.5. The zero-order chi connectivity index (χ0) is 22.1. The van der Waals surface area contributed by atoms with Crippen LogP contribution in [0.4, 0.5) is 0 Å². The number of nitrogens with zero attached hydrogens (tertiary/aromatic N) is 2. The number of amides is 1. The summed E-state index contributed by atoms with van der Waals surface area (Å²) in [5.74, 6) is -3.58. The topological polar surface area (TPSA) is 98.2 Å². The Morgan fingerprint density at radius 2 is 1.57 bits per heavy atom. The maximum atomic E-state index is 12.5. The first kappa shape index (κ1) is 23.7. The van der Waals surface area contributed by atoms with E-state index in [1.54, 1.807) is 23.9 Å². The molecule has 0 aliphatic carbocycles. The number of rotatable bonds is 4. The molecule has 0 saturated carbocycles. The van der Waals surface area contributed by atoms with Gasteiger partial charge in [0.15, 0.2) is 0 Å². The number of halogens is 1. The minimum atomic E-state index is -1.82. The highest BCUT2D eigenvalue weighted by Gasteiger charge is 2.22. The molecule has 1 aliphatic heterocycles. The van der Waals surface area contributed by atoms with Gasteiger partial charge in [-0.15, -0.1) is 11.8 Å². The molecule has 0 unspecified atom stereocenters. The second-order valence-electron chi connectivity index (χ2n) is 6.54. The fourth-order valence-corrected chi connectivity index (χ4v) is 3.50. The molecule has 7 nitrogen and oxygen atoms in total. The molecule has 0 aromatic heterocycles. The van der Waals surface area contributed by atoms with Gasteiger partial charge in [-0.3, -0.25) is 9.69 Å². The van der Waals surface area contributed by atoms with Gasteiger partial charge >= 0.3 is 11.9 Å². The smallest absolute Gasteiger partial charge is 0.414 e. The lowest BCUT2D eigenvalue weighted by Crippen LogP contribution is -2.48. The van der Waals surface area contributed by atoms with Crippen molar-refractivity contribution in [1.82, 2.24) is 9.80 Å². The summed E-state index contributed by atoms with van der Waals surface area (Å²) in [7, 11) is 0. The van der Waals surface area contributed by atoms with Crippen molar-refractivity contribution in [2.75, 3.05) is 32.4 Å². The van der Waals surface area contributed by atoms with E-state index < -0.39 is 11.9 Å². The fourth-order valence-electron chi connectivity index (χ4n) is 2.90. The van der Waals surface area contributed by atoms with Crippen LogP contribution in [0.2, 0.25) is 5.02 Å². The molecule has 30 heavy (non-hydrogen) atoms. The Hall–Kier alpha value is -2.55. The number of hydrogen-bond donors (Lipinski definition) is 2. The van der Waals surface area contributed by atoms with E-state index in [2.05, 4.69) is 35.4 Å². The normalized spacial score (nSPS) is 13.9. The van der Waals surface area contributed by atoms with Crippen LogP contribution in [0.1, 0.15) is 15.9 Å². The lowest BCUT2D eigenvalue weighted by molar-refractivity contribution is -0.159. The van der Waals surface area contributed by atoms with E-state index in [4.69, 9.17) is 31.4 Å². The van der Waals surface area contributed by atoms with Gasteiger partial charge in [-0.1, -0.05) is 29.8 Å². The van der Waals surface area contributed by atoms with Gasteiger partial charge in [0.25, 0.3) is 5.91 Å². The first-order valence-electron chi connectivity index (χ1n) is 9.16. The summed E-state index contributed by atoms with van der Waals surface area (Å²) in [6.45, 7) is 4.25. The molecule has 160 valence electrons. The molecule has 2 N–H and O–H groups in total. The van der Waals surface area contributed by atoms with Crippen molar-refractivity contribution in [2.24, 2.45) is 0 Å². The summed E-state index contributed by atoms with van der Waals surface area (Å²) in [5, 5.41) is 15.4. The summed E-state index contributed by atoms with van der Waals surface area (Å²) in [5.41, 5.74) is 1.99. The Labute approximate surface area is 184 Å². The van der Waals surface area contributed by atoms with Gasteiger partial charge in [0.1, 0.15) is 0 Å². The fraction of sp³-hybridized carbons (Fsp3) is 0.286. The molecule has 0 atom stereocenters. The van der Waals surface area contributed by atoms with Crippen LogP contribution in [0.25, 0.3) is 0 Å². The number of carbonyl (C=O) groups is 3. The van der Waals surface area contributed by atoms with E-state index in [1.165, 1.54) is 10.5 Å². The highest BCUT2D eigenvalue weighted by molar-refractivity contribution is 7.98. The number of benzene rings is 2. The number of carboxylic acid groups (broad SMARTS) is 2. The van der Waals surface area contributed by atoms with Crippen molar-refractivity contribution in [2.45, 2.75) is 11.4 Å². The van der Waals surface area contributed by atoms with Gasteiger partial charge in [-0.2, -0.15) is 0 Å². The van der Waals surface area contributed by atoms with Crippen molar-refractivity contribution < 1.29 is 24.6 Å². The van der Waals surface area contributed by atoms with Crippen LogP contribution in [0, 0.1) is 0 Å². The summed E-state index contributed by atoms with van der Waals surface area (Å²) in [6, 6.07) is 15.9. The number of hydrogen-bond acceptors (Lipinski definition) is 5. The van der Waals surface area contributed by atoms with E-state index in [9.17, 15) is 4.79 Å². The van der Waals surface area contributed by atoms with Crippen molar-refractivity contribution in [3.8, 4) is 0 Å². The lowest BCUT2D eigenvalue weighted by atomic mass is 10.1. The molecule has 9 heteroatoms. The van der Waals surface area contributed by atoms with E-state index >= 15 is 0 Å². The van der Waals surface area contributed by atoms with Gasteiger partial charge in [-0.05, 0) is 42.2 Å². The Balaban J connectivity index is 0.000000469. The van der Waals surface area contributed by atoms with Gasteiger partial charge in [0.05, 0.1) is 0 Å². The van der Waals surface area contributed by atoms with Gasteiger partial charge < -0.3 is 15.1 Å². The number of thioether (sulfide) groups is 1. The third kappa shape index (κ3) is 7.37. The van der Waals surface area contributed by atoms with Crippen molar-refractivity contribution >= 4 is 41.2 Å². The van der Waals surface area contributed by atoms with Crippen molar-refractivity contribution in [3.63, 3.8) is 0 Å². The van der Waals surface area contributed by atoms with Gasteiger partial charge in [0.2, 0.25) is 0 Å². The van der Waals surface area contributed by atoms with Gasteiger partial charge in [-0.25, -0.2) is 9.59 Å². The SMILES string of the molecule is CSc1ccc(CN2CCN(C(=O)c3cccc(Cl)c3)CC2)cc1.O=C(O)C(=O)O. The van der Waals surface area contributed by atoms with Crippen LogP contribution < -0.4 is 0 Å². The summed E-state index contributed by atoms with van der Waals surface area (Å²) < 4.78 is 0. The molecule has 1 fully saturated rings. The van der Waals surface area contributed by atoms with E-state index in [-0.39, 0.29) is 5.91 Å². The molecule has 1 amide bonds. The molecule has 0 bridgehead atoms. The summed E-state index contributed by atoms with van der Waals surface area (Å²) in [6.07, 6.45) is 2.09. The Morgan fingerprint density at radius 3 is 2.07 bits per heavy atom. The highest BCUT2D eigenvalue weighted by atomic mass is 35.5. The van der Waals surface area contributed by atoms with E-state index in [1.807, 2.05) is 17.0 Å². The molecule has 2 aromatic carbocycles. The molecule has 0 radical (unpaired) electrons. The average Bonchev–Trinajstić information content (AvgIpc) is 2.75. The molecule has 3 rings (SSSR count). The summed E-state index contributed by atoms with van der Waals surface area (Å²) >= 11 is 7.74. The molecule has 0 spiro atoms. The molecule has 1 aliphatic rings. The molecular formula is C21H23ClN2O5S. The predicted molar refractivity (Wildman–Crippen MR) is 116 cm³/mol. The minimum absolute atomic E-state index is 0.0708. The second-order valence-corrected chi connectivity index (χ2v) is 7.85. The lowest BCUT2D eigenvalue weighted by Gasteiger charge is -2.34. The largest absolute Gasteiger partial charge is 0.473 e. The maximum absolute atomic E-state index is 12.5. The van der Waals surface area contributed by atoms with Crippen LogP contribution in [0.15, 0.2) is 53.4 Å². The third-order valence-electron chi connectivity index (χ3n) is 4.48. The number of aliphatic carboxylic acids is 2. The standard InChI is InChI=1S/C19H21ClN2OS.C2H2O4/c1-24-18-7-5-15(6-8-18)14-21-9-11-22(12-10-21)19(23)16-3-2-4-17(20)13-16;3-1(4)2(5)6/h2-8,13H,9-12,14H2,1H3;(H,3,4)(H,5,6). The van der Waals surface area contributed by atoms with Crippen LogP contribution in [0.3, 0.4) is 0 Å². The maximum Gasteiger partial charge on any atom is 0.414 e. The minimum Gasteiger partial charge on any atom is -0.473 e. The average molecular weight is 451 g/mol.